The minimum atomic E-state index is -0.985. The van der Waals surface area contributed by atoms with Crippen LogP contribution in [0.2, 0.25) is 0 Å². The van der Waals surface area contributed by atoms with Crippen LogP contribution < -0.4 is 15.8 Å². The van der Waals surface area contributed by atoms with Crippen molar-refractivity contribution in [2.45, 2.75) is 25.9 Å². The standard InChI is InChI=1S/C18H20N2O5S/c1-11(17(23)20-18-14(16(19)22)9-10-26-18)25-15(21)8-5-12-3-6-13(24-2)7-4-12/h3-4,6-7,9-11H,5,8H2,1-2H3,(H2,19,22)(H,20,23)/t11-/m0/s1. The van der Waals surface area contributed by atoms with Crippen molar-refractivity contribution in [1.29, 1.82) is 0 Å². The number of nitrogens with one attached hydrogen (secondary N) is 1. The molecule has 2 rings (SSSR count). The summed E-state index contributed by atoms with van der Waals surface area (Å²) in [5.41, 5.74) is 6.41. The van der Waals surface area contributed by atoms with Crippen molar-refractivity contribution in [3.63, 3.8) is 0 Å². The van der Waals surface area contributed by atoms with Crippen LogP contribution in [0.15, 0.2) is 35.7 Å². The second-order valence-corrected chi connectivity index (χ2v) is 6.41. The molecule has 3 N–H and O–H groups in total. The van der Waals surface area contributed by atoms with Crippen LogP contribution in [0.4, 0.5) is 5.00 Å². The summed E-state index contributed by atoms with van der Waals surface area (Å²) in [5, 5.41) is 4.53. The Kier molecular flexibility index (Phi) is 6.74. The first-order chi connectivity index (χ1) is 12.4. The number of benzene rings is 1. The fourth-order valence-electron chi connectivity index (χ4n) is 2.16. The van der Waals surface area contributed by atoms with E-state index in [1.807, 2.05) is 24.3 Å². The van der Waals surface area contributed by atoms with Crippen molar-refractivity contribution >= 4 is 34.1 Å². The van der Waals surface area contributed by atoms with Gasteiger partial charge in [0.1, 0.15) is 10.8 Å². The molecule has 0 spiro atoms. The summed E-state index contributed by atoms with van der Waals surface area (Å²) in [4.78, 5) is 35.3. The number of nitrogens with two attached hydrogens (primary N) is 1. The molecule has 0 saturated heterocycles. The Bertz CT molecular complexity index is 785. The van der Waals surface area contributed by atoms with E-state index >= 15 is 0 Å². The number of ether oxygens (including phenoxy) is 2. The summed E-state index contributed by atoms with van der Waals surface area (Å²) in [5.74, 6) is -0.895. The number of amides is 2. The van der Waals surface area contributed by atoms with Gasteiger partial charge in [0.15, 0.2) is 6.10 Å². The van der Waals surface area contributed by atoms with E-state index < -0.39 is 23.9 Å². The highest BCUT2D eigenvalue weighted by Gasteiger charge is 2.20. The molecule has 0 radical (unpaired) electrons. The second kappa shape index (κ2) is 9.00. The number of carbonyl (C=O) groups excluding carboxylic acids is 3. The highest BCUT2D eigenvalue weighted by molar-refractivity contribution is 7.14. The minimum absolute atomic E-state index is 0.148. The smallest absolute Gasteiger partial charge is 0.306 e. The zero-order valence-corrected chi connectivity index (χ0v) is 15.3. The number of rotatable bonds is 8. The largest absolute Gasteiger partial charge is 0.497 e. The molecule has 0 fully saturated rings. The molecule has 2 aromatic rings. The Morgan fingerprint density at radius 2 is 1.88 bits per heavy atom. The molecular formula is C18H20N2O5S. The number of aryl methyl sites for hydroxylation is 1. The van der Waals surface area contributed by atoms with Gasteiger partial charge in [-0.05, 0) is 42.5 Å². The van der Waals surface area contributed by atoms with Crippen LogP contribution in [-0.4, -0.2) is 31.0 Å². The monoisotopic (exact) mass is 376 g/mol. The van der Waals surface area contributed by atoms with Crippen molar-refractivity contribution in [2.75, 3.05) is 12.4 Å². The maximum Gasteiger partial charge on any atom is 0.306 e. The van der Waals surface area contributed by atoms with Crippen molar-refractivity contribution in [3.8, 4) is 5.75 Å². The van der Waals surface area contributed by atoms with Crippen LogP contribution in [0.5, 0.6) is 5.75 Å². The van der Waals surface area contributed by atoms with Crippen molar-refractivity contribution in [2.24, 2.45) is 5.73 Å². The molecule has 0 aliphatic heterocycles. The van der Waals surface area contributed by atoms with E-state index in [1.54, 1.807) is 12.5 Å². The quantitative estimate of drug-likeness (QED) is 0.688. The van der Waals surface area contributed by atoms with E-state index in [2.05, 4.69) is 5.32 Å². The molecule has 7 nitrogen and oxygen atoms in total. The van der Waals surface area contributed by atoms with E-state index in [0.717, 1.165) is 11.3 Å². The van der Waals surface area contributed by atoms with Crippen LogP contribution >= 0.6 is 11.3 Å². The zero-order valence-electron chi connectivity index (χ0n) is 14.5. The second-order valence-electron chi connectivity index (χ2n) is 5.50. The summed E-state index contributed by atoms with van der Waals surface area (Å²) in [6, 6.07) is 8.88. The first-order valence-electron chi connectivity index (χ1n) is 7.91. The molecule has 2 amide bonds. The molecule has 0 unspecified atom stereocenters. The Morgan fingerprint density at radius 1 is 1.19 bits per heavy atom. The van der Waals surface area contributed by atoms with Crippen LogP contribution in [0.25, 0.3) is 0 Å². The molecular weight excluding hydrogens is 356 g/mol. The van der Waals surface area contributed by atoms with E-state index in [9.17, 15) is 14.4 Å². The van der Waals surface area contributed by atoms with Crippen molar-refractivity contribution < 1.29 is 23.9 Å². The van der Waals surface area contributed by atoms with Crippen LogP contribution in [0.3, 0.4) is 0 Å². The topological polar surface area (TPSA) is 108 Å². The number of hydrogen-bond acceptors (Lipinski definition) is 6. The van der Waals surface area contributed by atoms with Gasteiger partial charge in [0.05, 0.1) is 12.7 Å². The lowest BCUT2D eigenvalue weighted by Crippen LogP contribution is -2.30. The van der Waals surface area contributed by atoms with Gasteiger partial charge in [-0.3, -0.25) is 14.4 Å². The number of carbonyl (C=O) groups is 3. The number of thiophene rings is 1. The van der Waals surface area contributed by atoms with Gasteiger partial charge < -0.3 is 20.5 Å². The van der Waals surface area contributed by atoms with Crippen LogP contribution in [0, 0.1) is 0 Å². The molecule has 0 bridgehead atoms. The Balaban J connectivity index is 1.82. The van der Waals surface area contributed by atoms with Gasteiger partial charge in [-0.2, -0.15) is 0 Å². The maximum atomic E-state index is 12.1. The lowest BCUT2D eigenvalue weighted by molar-refractivity contribution is -0.153. The van der Waals surface area contributed by atoms with Gasteiger partial charge >= 0.3 is 5.97 Å². The molecule has 8 heteroatoms. The Morgan fingerprint density at radius 3 is 2.50 bits per heavy atom. The summed E-state index contributed by atoms with van der Waals surface area (Å²) < 4.78 is 10.2. The lowest BCUT2D eigenvalue weighted by atomic mass is 10.1. The van der Waals surface area contributed by atoms with E-state index in [4.69, 9.17) is 15.2 Å². The Labute approximate surface area is 155 Å². The number of esters is 1. The van der Waals surface area contributed by atoms with Gasteiger partial charge in [-0.25, -0.2) is 0 Å². The third-order valence-corrected chi connectivity index (χ3v) is 4.45. The highest BCUT2D eigenvalue weighted by Crippen LogP contribution is 2.23. The Hall–Kier alpha value is -2.87. The van der Waals surface area contributed by atoms with Crippen LogP contribution in [-0.2, 0) is 20.7 Å². The minimum Gasteiger partial charge on any atom is -0.497 e. The fraction of sp³-hybridized carbons (Fsp3) is 0.278. The van der Waals surface area contributed by atoms with E-state index in [-0.39, 0.29) is 12.0 Å². The third kappa shape index (κ3) is 5.32. The molecule has 0 aliphatic carbocycles. The molecule has 138 valence electrons. The summed E-state index contributed by atoms with van der Waals surface area (Å²) >= 11 is 1.17. The van der Waals surface area contributed by atoms with Crippen molar-refractivity contribution in [1.82, 2.24) is 0 Å². The fourth-order valence-corrected chi connectivity index (χ4v) is 2.96. The normalized spacial score (nSPS) is 11.5. The van der Waals surface area contributed by atoms with Gasteiger partial charge in [0.2, 0.25) is 0 Å². The molecule has 1 heterocycles. The third-order valence-electron chi connectivity index (χ3n) is 3.62. The summed E-state index contributed by atoms with van der Waals surface area (Å²) in [6.45, 7) is 1.47. The predicted molar refractivity (Wildman–Crippen MR) is 98.3 cm³/mol. The van der Waals surface area contributed by atoms with Gasteiger partial charge in [0, 0.05) is 6.42 Å². The predicted octanol–water partition coefficient (Wildman–Crippen LogP) is 2.36. The average Bonchev–Trinajstić information content (AvgIpc) is 3.08. The van der Waals surface area contributed by atoms with E-state index in [0.29, 0.717) is 11.4 Å². The molecule has 0 aliphatic rings. The number of methoxy groups -OCH3 is 1. The maximum absolute atomic E-state index is 12.1. The molecule has 26 heavy (non-hydrogen) atoms. The number of hydrogen-bond donors (Lipinski definition) is 2. The first kappa shape index (κ1) is 19.5. The molecule has 1 aromatic heterocycles. The average molecular weight is 376 g/mol. The highest BCUT2D eigenvalue weighted by atomic mass is 32.1. The molecule has 1 atom stereocenters. The first-order valence-corrected chi connectivity index (χ1v) is 8.79. The lowest BCUT2D eigenvalue weighted by Gasteiger charge is -2.13. The number of primary amides is 1. The SMILES string of the molecule is COc1ccc(CCC(=O)O[C@@H](C)C(=O)Nc2sccc2C(N)=O)cc1. The summed E-state index contributed by atoms with van der Waals surface area (Å²) in [7, 11) is 1.58. The summed E-state index contributed by atoms with van der Waals surface area (Å²) in [6.07, 6.45) is -0.343. The molecule has 1 aromatic carbocycles. The van der Waals surface area contributed by atoms with Gasteiger partial charge in [-0.1, -0.05) is 12.1 Å². The van der Waals surface area contributed by atoms with Gasteiger partial charge in [0.25, 0.3) is 11.8 Å². The van der Waals surface area contributed by atoms with Crippen LogP contribution in [0.1, 0.15) is 29.3 Å². The van der Waals surface area contributed by atoms with E-state index in [1.165, 1.54) is 24.3 Å². The van der Waals surface area contributed by atoms with Gasteiger partial charge in [-0.15, -0.1) is 11.3 Å². The zero-order chi connectivity index (χ0) is 19.1. The number of anilines is 1. The van der Waals surface area contributed by atoms with Crippen molar-refractivity contribution in [3.05, 3.63) is 46.8 Å². The molecule has 0 saturated carbocycles.